The van der Waals surface area contributed by atoms with Crippen molar-refractivity contribution in [2.45, 2.75) is 11.4 Å². The number of sulfonamides is 1. The highest BCUT2D eigenvalue weighted by Gasteiger charge is 2.15. The van der Waals surface area contributed by atoms with Gasteiger partial charge in [0, 0.05) is 17.3 Å². The van der Waals surface area contributed by atoms with Gasteiger partial charge >= 0.3 is 0 Å². The van der Waals surface area contributed by atoms with Gasteiger partial charge in [-0.25, -0.2) is 18.6 Å². The summed E-state index contributed by atoms with van der Waals surface area (Å²) in [6.45, 7) is 0.106. The van der Waals surface area contributed by atoms with Gasteiger partial charge in [0.1, 0.15) is 5.75 Å². The number of carbonyl (C=O) groups excluding carboxylic acids is 1. The van der Waals surface area contributed by atoms with Crippen molar-refractivity contribution in [2.24, 2.45) is 0 Å². The molecule has 0 saturated carbocycles. The monoisotopic (exact) mass is 392 g/mol. The fourth-order valence-electron chi connectivity index (χ4n) is 2.38. The second-order valence-corrected chi connectivity index (χ2v) is 8.28. The average Bonchev–Trinajstić information content (AvgIpc) is 3.09. The molecule has 0 spiro atoms. The SMILES string of the molecule is COc1cccc(S(=O)(=O)NCc2ccc3cc(C(=O)NO)sc3c2)c1. The van der Waals surface area contributed by atoms with Crippen LogP contribution in [0.15, 0.2) is 53.4 Å². The summed E-state index contributed by atoms with van der Waals surface area (Å²) in [6, 6.07) is 13.3. The maximum Gasteiger partial charge on any atom is 0.284 e. The molecule has 1 amide bonds. The molecule has 7 nitrogen and oxygen atoms in total. The Bertz CT molecular complexity index is 1060. The lowest BCUT2D eigenvalue weighted by molar-refractivity contribution is 0.0711. The number of hydrogen-bond acceptors (Lipinski definition) is 6. The van der Waals surface area contributed by atoms with Crippen molar-refractivity contribution < 1.29 is 23.2 Å². The zero-order valence-electron chi connectivity index (χ0n) is 13.7. The summed E-state index contributed by atoms with van der Waals surface area (Å²) in [5.74, 6) is -0.117. The number of hydroxylamine groups is 1. The standard InChI is InChI=1S/C17H16N2O5S2/c1-24-13-3-2-4-14(9-13)26(22,23)18-10-11-5-6-12-8-16(17(20)19-21)25-15(12)7-11/h2-9,18,21H,10H2,1H3,(H,19,20). The van der Waals surface area contributed by atoms with E-state index in [2.05, 4.69) is 4.72 Å². The molecule has 1 heterocycles. The summed E-state index contributed by atoms with van der Waals surface area (Å²) in [4.78, 5) is 12.0. The van der Waals surface area contributed by atoms with E-state index in [9.17, 15) is 13.2 Å². The van der Waals surface area contributed by atoms with Crippen LogP contribution in [0.5, 0.6) is 5.75 Å². The van der Waals surface area contributed by atoms with Crippen molar-refractivity contribution in [3.8, 4) is 5.75 Å². The molecule has 3 N–H and O–H groups in total. The van der Waals surface area contributed by atoms with E-state index in [1.54, 1.807) is 35.8 Å². The molecule has 0 saturated heterocycles. The first kappa shape index (κ1) is 18.3. The van der Waals surface area contributed by atoms with Crippen LogP contribution in [0.4, 0.5) is 0 Å². The summed E-state index contributed by atoms with van der Waals surface area (Å²) >= 11 is 1.21. The number of amides is 1. The highest BCUT2D eigenvalue weighted by Crippen LogP contribution is 2.27. The van der Waals surface area contributed by atoms with Gasteiger partial charge in [-0.2, -0.15) is 0 Å². The summed E-state index contributed by atoms with van der Waals surface area (Å²) in [5.41, 5.74) is 2.35. The molecular weight excluding hydrogens is 376 g/mol. The summed E-state index contributed by atoms with van der Waals surface area (Å²) in [5, 5.41) is 9.55. The van der Waals surface area contributed by atoms with Gasteiger partial charge in [0.2, 0.25) is 10.0 Å². The second-order valence-electron chi connectivity index (χ2n) is 5.43. The molecule has 0 radical (unpaired) electrons. The molecule has 0 bridgehead atoms. The highest BCUT2D eigenvalue weighted by molar-refractivity contribution is 7.89. The number of methoxy groups -OCH3 is 1. The number of carbonyl (C=O) groups is 1. The van der Waals surface area contributed by atoms with Crippen LogP contribution < -0.4 is 14.9 Å². The average molecular weight is 392 g/mol. The van der Waals surface area contributed by atoms with Gasteiger partial charge in [-0.05, 0) is 35.2 Å². The Hall–Kier alpha value is -2.46. The molecule has 0 fully saturated rings. The Labute approximate surface area is 154 Å². The molecule has 136 valence electrons. The number of hydrogen-bond donors (Lipinski definition) is 3. The Kier molecular flexibility index (Phi) is 5.23. The van der Waals surface area contributed by atoms with E-state index in [-0.39, 0.29) is 11.4 Å². The quantitative estimate of drug-likeness (QED) is 0.442. The van der Waals surface area contributed by atoms with E-state index >= 15 is 0 Å². The van der Waals surface area contributed by atoms with Crippen LogP contribution in [0.2, 0.25) is 0 Å². The minimum Gasteiger partial charge on any atom is -0.497 e. The molecular formula is C17H16N2O5S2. The Morgan fingerprint density at radius 2 is 2.00 bits per heavy atom. The number of rotatable bonds is 6. The first-order valence-corrected chi connectivity index (χ1v) is 9.83. The van der Waals surface area contributed by atoms with Crippen LogP contribution >= 0.6 is 11.3 Å². The Morgan fingerprint density at radius 3 is 2.73 bits per heavy atom. The number of ether oxygens (including phenoxy) is 1. The third-order valence-corrected chi connectivity index (χ3v) is 6.22. The molecule has 0 aliphatic heterocycles. The van der Waals surface area contributed by atoms with Gasteiger partial charge in [0.05, 0.1) is 16.9 Å². The fraction of sp³-hybridized carbons (Fsp3) is 0.118. The number of fused-ring (bicyclic) bond motifs is 1. The molecule has 26 heavy (non-hydrogen) atoms. The number of nitrogens with one attached hydrogen (secondary N) is 2. The number of benzene rings is 2. The first-order chi connectivity index (χ1) is 12.4. The highest BCUT2D eigenvalue weighted by atomic mass is 32.2. The predicted octanol–water partition coefficient (Wildman–Crippen LogP) is 2.51. The van der Waals surface area contributed by atoms with Crippen molar-refractivity contribution in [3.63, 3.8) is 0 Å². The van der Waals surface area contributed by atoms with Gasteiger partial charge in [0.25, 0.3) is 5.91 Å². The lowest BCUT2D eigenvalue weighted by Crippen LogP contribution is -2.23. The van der Waals surface area contributed by atoms with Crippen molar-refractivity contribution in [1.29, 1.82) is 0 Å². The summed E-state index contributed by atoms with van der Waals surface area (Å²) < 4.78 is 33.3. The van der Waals surface area contributed by atoms with Gasteiger partial charge in [-0.3, -0.25) is 10.0 Å². The van der Waals surface area contributed by atoms with Crippen LogP contribution in [-0.2, 0) is 16.6 Å². The fourth-order valence-corrected chi connectivity index (χ4v) is 4.45. The van der Waals surface area contributed by atoms with E-state index < -0.39 is 15.9 Å². The summed E-state index contributed by atoms with van der Waals surface area (Å²) in [6.07, 6.45) is 0. The van der Waals surface area contributed by atoms with Crippen molar-refractivity contribution in [2.75, 3.05) is 7.11 Å². The van der Waals surface area contributed by atoms with Crippen molar-refractivity contribution in [3.05, 3.63) is 59.0 Å². The largest absolute Gasteiger partial charge is 0.497 e. The molecule has 3 rings (SSSR count). The predicted molar refractivity (Wildman–Crippen MR) is 98.1 cm³/mol. The first-order valence-electron chi connectivity index (χ1n) is 7.53. The third-order valence-electron chi connectivity index (χ3n) is 3.73. The lowest BCUT2D eigenvalue weighted by Gasteiger charge is -2.08. The van der Waals surface area contributed by atoms with Crippen LogP contribution in [0.25, 0.3) is 10.1 Å². The van der Waals surface area contributed by atoms with Crippen LogP contribution in [-0.4, -0.2) is 26.6 Å². The van der Waals surface area contributed by atoms with E-state index in [1.807, 2.05) is 6.07 Å². The van der Waals surface area contributed by atoms with E-state index in [0.717, 1.165) is 15.6 Å². The molecule has 0 aliphatic carbocycles. The lowest BCUT2D eigenvalue weighted by atomic mass is 10.2. The molecule has 0 unspecified atom stereocenters. The second kappa shape index (κ2) is 7.42. The summed E-state index contributed by atoms with van der Waals surface area (Å²) in [7, 11) is -2.21. The van der Waals surface area contributed by atoms with E-state index in [0.29, 0.717) is 10.6 Å². The van der Waals surface area contributed by atoms with Crippen molar-refractivity contribution in [1.82, 2.24) is 10.2 Å². The maximum absolute atomic E-state index is 12.4. The molecule has 2 aromatic carbocycles. The minimum atomic E-state index is -3.68. The normalized spacial score (nSPS) is 11.5. The van der Waals surface area contributed by atoms with Gasteiger partial charge in [0.15, 0.2) is 0 Å². The zero-order valence-corrected chi connectivity index (χ0v) is 15.4. The van der Waals surface area contributed by atoms with Gasteiger partial charge in [-0.1, -0.05) is 18.2 Å². The van der Waals surface area contributed by atoms with Gasteiger partial charge in [-0.15, -0.1) is 11.3 Å². The zero-order chi connectivity index (χ0) is 18.7. The molecule has 9 heteroatoms. The maximum atomic E-state index is 12.4. The number of thiophene rings is 1. The Balaban J connectivity index is 1.79. The molecule has 0 atom stereocenters. The van der Waals surface area contributed by atoms with Crippen LogP contribution in [0.1, 0.15) is 15.2 Å². The molecule has 3 aromatic rings. The molecule has 1 aromatic heterocycles. The van der Waals surface area contributed by atoms with Crippen LogP contribution in [0.3, 0.4) is 0 Å². The van der Waals surface area contributed by atoms with Gasteiger partial charge < -0.3 is 4.74 Å². The molecule has 0 aliphatic rings. The topological polar surface area (TPSA) is 105 Å². The third kappa shape index (κ3) is 3.86. The van der Waals surface area contributed by atoms with E-state index in [1.165, 1.54) is 30.6 Å². The Morgan fingerprint density at radius 1 is 1.19 bits per heavy atom. The van der Waals surface area contributed by atoms with Crippen LogP contribution in [0, 0.1) is 0 Å². The minimum absolute atomic E-state index is 0.106. The van der Waals surface area contributed by atoms with Crippen molar-refractivity contribution >= 4 is 37.4 Å². The van der Waals surface area contributed by atoms with E-state index in [4.69, 9.17) is 9.94 Å². The smallest absolute Gasteiger partial charge is 0.284 e.